The molecule has 0 radical (unpaired) electrons. The number of amides is 2. The number of hydrogen-bond donors (Lipinski definition) is 0. The van der Waals surface area contributed by atoms with Gasteiger partial charge in [-0.15, -0.1) is 0 Å². The fourth-order valence-corrected chi connectivity index (χ4v) is 3.98. The van der Waals surface area contributed by atoms with Gasteiger partial charge in [-0.2, -0.15) is 0 Å². The van der Waals surface area contributed by atoms with Gasteiger partial charge in [0.1, 0.15) is 0 Å². The van der Waals surface area contributed by atoms with Gasteiger partial charge in [0.05, 0.1) is 5.92 Å². The number of carbonyl (C=O) groups is 2. The number of anilines is 1. The maximum Gasteiger partial charge on any atom is 0.228 e. The Morgan fingerprint density at radius 1 is 1.17 bits per heavy atom. The Bertz CT molecular complexity index is 596. The summed E-state index contributed by atoms with van der Waals surface area (Å²) in [6.45, 7) is 5.65. The third-order valence-electron chi connectivity index (χ3n) is 5.51. The van der Waals surface area contributed by atoms with E-state index in [0.717, 1.165) is 37.9 Å². The normalized spacial score (nSPS) is 24.5. The van der Waals surface area contributed by atoms with Crippen LogP contribution in [0.2, 0.25) is 0 Å². The Morgan fingerprint density at radius 3 is 2.58 bits per heavy atom. The lowest BCUT2D eigenvalue weighted by atomic mass is 9.97. The number of carbonyl (C=O) groups excluding carboxylic acids is 2. The van der Waals surface area contributed by atoms with Crippen LogP contribution in [0.15, 0.2) is 24.3 Å². The number of nitrogens with zero attached hydrogens (tertiary/aromatic N) is 2. The van der Waals surface area contributed by atoms with Crippen LogP contribution in [0.1, 0.15) is 51.5 Å². The molecule has 4 nitrogen and oxygen atoms in total. The molecule has 0 bridgehead atoms. The molecule has 2 saturated heterocycles. The van der Waals surface area contributed by atoms with Crippen molar-refractivity contribution in [3.63, 3.8) is 0 Å². The Morgan fingerprint density at radius 2 is 1.92 bits per heavy atom. The van der Waals surface area contributed by atoms with Gasteiger partial charge in [-0.3, -0.25) is 9.59 Å². The fraction of sp³-hybridized carbons (Fsp3) is 0.600. The van der Waals surface area contributed by atoms with Crippen molar-refractivity contribution in [3.05, 3.63) is 29.8 Å². The molecule has 0 saturated carbocycles. The number of benzene rings is 1. The standard InChI is InChI=1S/C20H28N2O2/c1-3-15-8-10-18(11-9-15)22-14-16(13-19(22)23)20(24)21-12-6-5-7-17(21)4-2/h8-11,16-17H,3-7,12-14H2,1-2H3. The van der Waals surface area contributed by atoms with Crippen LogP contribution in [0.3, 0.4) is 0 Å². The van der Waals surface area contributed by atoms with Gasteiger partial charge >= 0.3 is 0 Å². The van der Waals surface area contributed by atoms with E-state index in [1.807, 2.05) is 17.0 Å². The molecule has 1 aromatic carbocycles. The highest BCUT2D eigenvalue weighted by atomic mass is 16.2. The highest BCUT2D eigenvalue weighted by Crippen LogP contribution is 2.29. The summed E-state index contributed by atoms with van der Waals surface area (Å²) in [5.74, 6) is 0.0701. The molecule has 3 rings (SSSR count). The number of piperidine rings is 1. The van der Waals surface area contributed by atoms with Crippen LogP contribution in [0.4, 0.5) is 5.69 Å². The molecule has 0 spiro atoms. The maximum atomic E-state index is 12.9. The summed E-state index contributed by atoms with van der Waals surface area (Å²) in [7, 11) is 0. The molecular weight excluding hydrogens is 300 g/mol. The van der Waals surface area contributed by atoms with Gasteiger partial charge in [-0.25, -0.2) is 0 Å². The van der Waals surface area contributed by atoms with Gasteiger partial charge in [-0.05, 0) is 49.8 Å². The molecule has 2 aliphatic heterocycles. The van der Waals surface area contributed by atoms with Crippen molar-refractivity contribution in [2.75, 3.05) is 18.0 Å². The first-order chi connectivity index (χ1) is 11.6. The fourth-order valence-electron chi connectivity index (χ4n) is 3.98. The van der Waals surface area contributed by atoms with Crippen molar-refractivity contribution in [1.82, 2.24) is 4.90 Å². The minimum atomic E-state index is -0.185. The van der Waals surface area contributed by atoms with Crippen LogP contribution in [0.5, 0.6) is 0 Å². The van der Waals surface area contributed by atoms with E-state index >= 15 is 0 Å². The molecule has 2 unspecified atom stereocenters. The van der Waals surface area contributed by atoms with Crippen molar-refractivity contribution in [2.45, 2.75) is 58.4 Å². The molecule has 2 heterocycles. The lowest BCUT2D eigenvalue weighted by Crippen LogP contribution is -2.46. The average molecular weight is 328 g/mol. The Labute approximate surface area is 144 Å². The zero-order chi connectivity index (χ0) is 17.1. The summed E-state index contributed by atoms with van der Waals surface area (Å²) in [6, 6.07) is 8.49. The van der Waals surface area contributed by atoms with Crippen molar-refractivity contribution in [3.8, 4) is 0 Å². The summed E-state index contributed by atoms with van der Waals surface area (Å²) in [6.07, 6.45) is 5.75. The largest absolute Gasteiger partial charge is 0.339 e. The third-order valence-corrected chi connectivity index (χ3v) is 5.51. The van der Waals surface area contributed by atoms with Crippen LogP contribution in [0, 0.1) is 5.92 Å². The molecule has 130 valence electrons. The predicted octanol–water partition coefficient (Wildman–Crippen LogP) is 3.39. The second-order valence-electron chi connectivity index (χ2n) is 7.01. The molecule has 4 heteroatoms. The van der Waals surface area contributed by atoms with Crippen molar-refractivity contribution in [2.24, 2.45) is 5.92 Å². The van der Waals surface area contributed by atoms with Crippen molar-refractivity contribution < 1.29 is 9.59 Å². The number of rotatable bonds is 4. The maximum absolute atomic E-state index is 12.9. The molecule has 2 atom stereocenters. The number of hydrogen-bond acceptors (Lipinski definition) is 2. The SMILES string of the molecule is CCc1ccc(N2CC(C(=O)N3CCCCC3CC)CC2=O)cc1. The Balaban J connectivity index is 1.70. The summed E-state index contributed by atoms with van der Waals surface area (Å²) in [5, 5.41) is 0. The van der Waals surface area contributed by atoms with Crippen LogP contribution < -0.4 is 4.90 Å². The van der Waals surface area contributed by atoms with Crippen LogP contribution in [0.25, 0.3) is 0 Å². The van der Waals surface area contributed by atoms with E-state index in [4.69, 9.17) is 0 Å². The Kier molecular flexibility index (Phi) is 5.22. The first-order valence-corrected chi connectivity index (χ1v) is 9.33. The van der Waals surface area contributed by atoms with Gasteiger partial charge in [-0.1, -0.05) is 26.0 Å². The highest BCUT2D eigenvalue weighted by molar-refractivity contribution is 6.00. The lowest BCUT2D eigenvalue weighted by molar-refractivity contribution is -0.139. The molecule has 2 fully saturated rings. The summed E-state index contributed by atoms with van der Waals surface area (Å²) >= 11 is 0. The van der Waals surface area contributed by atoms with Crippen molar-refractivity contribution in [1.29, 1.82) is 0 Å². The topological polar surface area (TPSA) is 40.6 Å². The Hall–Kier alpha value is -1.84. The van der Waals surface area contributed by atoms with Crippen LogP contribution in [-0.4, -0.2) is 35.8 Å². The molecular formula is C20H28N2O2. The minimum absolute atomic E-state index is 0.0719. The highest BCUT2D eigenvalue weighted by Gasteiger charge is 2.39. The van der Waals surface area contributed by atoms with E-state index in [2.05, 4.69) is 26.0 Å². The van der Waals surface area contributed by atoms with E-state index in [9.17, 15) is 9.59 Å². The zero-order valence-corrected chi connectivity index (χ0v) is 14.8. The molecule has 1 aromatic rings. The van der Waals surface area contributed by atoms with Crippen LogP contribution in [-0.2, 0) is 16.0 Å². The molecule has 2 amide bonds. The van der Waals surface area contributed by atoms with Crippen LogP contribution >= 0.6 is 0 Å². The molecule has 0 N–H and O–H groups in total. The minimum Gasteiger partial charge on any atom is -0.339 e. The second kappa shape index (κ2) is 7.37. The predicted molar refractivity (Wildman–Crippen MR) is 95.9 cm³/mol. The van der Waals surface area contributed by atoms with E-state index in [1.54, 1.807) is 4.90 Å². The smallest absolute Gasteiger partial charge is 0.228 e. The summed E-state index contributed by atoms with van der Waals surface area (Å²) in [4.78, 5) is 29.2. The first kappa shape index (κ1) is 17.0. The van der Waals surface area contributed by atoms with Gasteiger partial charge in [0.15, 0.2) is 0 Å². The molecule has 0 aromatic heterocycles. The van der Waals surface area contributed by atoms with E-state index in [-0.39, 0.29) is 17.7 Å². The summed E-state index contributed by atoms with van der Waals surface area (Å²) < 4.78 is 0. The zero-order valence-electron chi connectivity index (χ0n) is 14.8. The average Bonchev–Trinajstić information content (AvgIpc) is 3.03. The monoisotopic (exact) mass is 328 g/mol. The first-order valence-electron chi connectivity index (χ1n) is 9.33. The third kappa shape index (κ3) is 3.33. The molecule has 2 aliphatic rings. The number of likely N-dealkylation sites (tertiary alicyclic amines) is 1. The van der Waals surface area contributed by atoms with Gasteiger partial charge in [0, 0.05) is 31.2 Å². The van der Waals surface area contributed by atoms with Gasteiger partial charge < -0.3 is 9.80 Å². The quantitative estimate of drug-likeness (QED) is 0.850. The van der Waals surface area contributed by atoms with E-state index in [0.29, 0.717) is 19.0 Å². The lowest BCUT2D eigenvalue weighted by Gasteiger charge is -2.36. The van der Waals surface area contributed by atoms with E-state index in [1.165, 1.54) is 12.0 Å². The molecule has 0 aliphatic carbocycles. The second-order valence-corrected chi connectivity index (χ2v) is 7.01. The van der Waals surface area contributed by atoms with E-state index < -0.39 is 0 Å². The van der Waals surface area contributed by atoms with Crippen molar-refractivity contribution >= 4 is 17.5 Å². The van der Waals surface area contributed by atoms with Gasteiger partial charge in [0.2, 0.25) is 11.8 Å². The summed E-state index contributed by atoms with van der Waals surface area (Å²) in [5.41, 5.74) is 2.18. The molecule has 24 heavy (non-hydrogen) atoms. The van der Waals surface area contributed by atoms with Gasteiger partial charge in [0.25, 0.3) is 0 Å². The number of aryl methyl sites for hydroxylation is 1.